The highest BCUT2D eigenvalue weighted by Gasteiger charge is 2.46. The van der Waals surface area contributed by atoms with E-state index < -0.39 is 47.6 Å². The van der Waals surface area contributed by atoms with E-state index in [-0.39, 0.29) is 29.3 Å². The molecule has 1 unspecified atom stereocenters. The van der Waals surface area contributed by atoms with Crippen molar-refractivity contribution < 1.29 is 28.7 Å². The normalized spacial score (nSPS) is 15.2. The van der Waals surface area contributed by atoms with Crippen molar-refractivity contribution in [1.29, 1.82) is 0 Å². The summed E-state index contributed by atoms with van der Waals surface area (Å²) in [5.41, 5.74) is 1.67. The Morgan fingerprint density at radius 2 is 1.50 bits per heavy atom. The average Bonchev–Trinajstić information content (AvgIpc) is 3.36. The number of carbonyl (C=O) groups is 4. The number of fused-ring (bicyclic) bond motifs is 1. The third kappa shape index (κ3) is 8.97. The van der Waals surface area contributed by atoms with E-state index in [1.807, 2.05) is 52.0 Å². The molecule has 9 nitrogen and oxygen atoms in total. The van der Waals surface area contributed by atoms with Crippen LogP contribution in [0.5, 0.6) is 0 Å². The predicted octanol–water partition coefficient (Wildman–Crippen LogP) is 5.63. The van der Waals surface area contributed by atoms with Crippen LogP contribution in [0.25, 0.3) is 0 Å². The fourth-order valence-electron chi connectivity index (χ4n) is 5.65. The number of hydrogen-bond donors (Lipinski definition) is 2. The molecule has 2 aromatic carbocycles. The Bertz CT molecular complexity index is 1310. The molecular weight excluding hydrogens is 582 g/mol. The lowest BCUT2D eigenvalue weighted by atomic mass is 9.91. The zero-order chi connectivity index (χ0) is 32.8. The van der Waals surface area contributed by atoms with Gasteiger partial charge in [0.25, 0.3) is 0 Å². The van der Waals surface area contributed by atoms with E-state index in [4.69, 9.17) is 21.1 Å². The summed E-state index contributed by atoms with van der Waals surface area (Å²) < 4.78 is 10.8. The molecule has 1 aliphatic rings. The summed E-state index contributed by atoms with van der Waals surface area (Å²) in [5.74, 6) is -2.21. The number of nitrogens with one attached hydrogen (secondary N) is 2. The van der Waals surface area contributed by atoms with Crippen molar-refractivity contribution in [2.24, 2.45) is 11.8 Å². The number of ether oxygens (including phenoxy) is 2. The minimum atomic E-state index is -1.30. The van der Waals surface area contributed by atoms with Crippen LogP contribution < -0.4 is 10.6 Å². The third-order valence-corrected chi connectivity index (χ3v) is 7.75. The molecule has 3 atom stereocenters. The van der Waals surface area contributed by atoms with Crippen molar-refractivity contribution in [2.75, 3.05) is 7.11 Å². The summed E-state index contributed by atoms with van der Waals surface area (Å²) in [6, 6.07) is 10.8. The highest BCUT2D eigenvalue weighted by atomic mass is 35.5. The van der Waals surface area contributed by atoms with Crippen LogP contribution in [0.3, 0.4) is 0 Å². The monoisotopic (exact) mass is 627 g/mol. The highest BCUT2D eigenvalue weighted by Crippen LogP contribution is 2.35. The summed E-state index contributed by atoms with van der Waals surface area (Å²) in [4.78, 5) is 57.1. The van der Waals surface area contributed by atoms with Crippen LogP contribution in [-0.4, -0.2) is 59.6 Å². The first kappa shape index (κ1) is 34.9. The van der Waals surface area contributed by atoms with Gasteiger partial charge in [-0.15, -0.1) is 0 Å². The first-order valence-corrected chi connectivity index (χ1v) is 15.5. The number of rotatable bonds is 11. The maximum absolute atomic E-state index is 15.1. The van der Waals surface area contributed by atoms with Crippen LogP contribution >= 0.6 is 11.6 Å². The SMILES string of the molecule is COC(=O)[C@@H](CC(C)C)N(C(=O)[C@H](NC(=O)OC(C)(C)C)C1Cc2ccccc2C1)C(C(=O)NC(C)C)c1ccccc1Cl. The standard InChI is InChI=1S/C34H46ClN3O6/c1-20(2)17-27(32(41)43-8)38(29(30(39)36-21(3)4)25-15-11-12-16-26(25)35)31(40)28(37-33(42)44-34(5,6)7)24-18-22-13-9-10-14-23(22)19-24/h9-16,20-21,24,27-29H,17-19H2,1-8H3,(H,36,39)(H,37,42)/t27-,28-,29?/m1/s1. The van der Waals surface area contributed by atoms with E-state index >= 15 is 4.79 Å². The van der Waals surface area contributed by atoms with Gasteiger partial charge in [-0.1, -0.05) is 67.9 Å². The largest absolute Gasteiger partial charge is 0.467 e. The van der Waals surface area contributed by atoms with Crippen molar-refractivity contribution in [1.82, 2.24) is 15.5 Å². The second-order valence-electron chi connectivity index (χ2n) is 13.1. The first-order chi connectivity index (χ1) is 20.6. The van der Waals surface area contributed by atoms with Gasteiger partial charge in [0.2, 0.25) is 11.8 Å². The lowest BCUT2D eigenvalue weighted by Gasteiger charge is -2.40. The van der Waals surface area contributed by atoms with E-state index in [0.29, 0.717) is 18.4 Å². The van der Waals surface area contributed by atoms with Gasteiger partial charge in [0.1, 0.15) is 23.7 Å². The minimum Gasteiger partial charge on any atom is -0.467 e. The van der Waals surface area contributed by atoms with Crippen LogP contribution in [0.15, 0.2) is 48.5 Å². The maximum atomic E-state index is 15.1. The fourth-order valence-corrected chi connectivity index (χ4v) is 5.89. The fraction of sp³-hybridized carbons (Fsp3) is 0.529. The molecule has 0 saturated heterocycles. The lowest BCUT2D eigenvalue weighted by molar-refractivity contribution is -0.159. The maximum Gasteiger partial charge on any atom is 0.408 e. The quantitative estimate of drug-likeness (QED) is 0.312. The summed E-state index contributed by atoms with van der Waals surface area (Å²) in [5, 5.41) is 5.99. The molecule has 0 radical (unpaired) electrons. The summed E-state index contributed by atoms with van der Waals surface area (Å²) >= 11 is 6.67. The Balaban J connectivity index is 2.24. The number of hydrogen-bond acceptors (Lipinski definition) is 6. The molecule has 0 heterocycles. The van der Waals surface area contributed by atoms with Crippen LogP contribution in [0.2, 0.25) is 5.02 Å². The molecule has 10 heteroatoms. The molecule has 1 aliphatic carbocycles. The zero-order valence-corrected chi connectivity index (χ0v) is 27.7. The topological polar surface area (TPSA) is 114 Å². The summed E-state index contributed by atoms with van der Waals surface area (Å²) in [7, 11) is 1.25. The van der Waals surface area contributed by atoms with Crippen LogP contribution in [0.4, 0.5) is 4.79 Å². The number of carbonyl (C=O) groups excluding carboxylic acids is 4. The average molecular weight is 628 g/mol. The van der Waals surface area contributed by atoms with Crippen LogP contribution in [-0.2, 0) is 36.7 Å². The highest BCUT2D eigenvalue weighted by molar-refractivity contribution is 6.31. The second kappa shape index (κ2) is 14.9. The van der Waals surface area contributed by atoms with Gasteiger partial charge in [0, 0.05) is 16.6 Å². The molecule has 2 aromatic rings. The Labute approximate surface area is 266 Å². The molecule has 0 saturated carbocycles. The van der Waals surface area contributed by atoms with Crippen molar-refractivity contribution in [3.05, 3.63) is 70.2 Å². The van der Waals surface area contributed by atoms with Gasteiger partial charge in [-0.3, -0.25) is 9.59 Å². The number of alkyl carbamates (subject to hydrolysis) is 1. The molecule has 0 aliphatic heterocycles. The van der Waals surface area contributed by atoms with Crippen molar-refractivity contribution in [3.8, 4) is 0 Å². The van der Waals surface area contributed by atoms with E-state index in [2.05, 4.69) is 10.6 Å². The second-order valence-corrected chi connectivity index (χ2v) is 13.5. The van der Waals surface area contributed by atoms with Crippen molar-refractivity contribution >= 4 is 35.5 Å². The zero-order valence-electron chi connectivity index (χ0n) is 27.0. The van der Waals surface area contributed by atoms with E-state index in [1.165, 1.54) is 12.0 Å². The summed E-state index contributed by atoms with van der Waals surface area (Å²) in [6.07, 6.45) is 0.459. The number of methoxy groups -OCH3 is 1. The Kier molecular flexibility index (Phi) is 11.8. The number of halogens is 1. The molecule has 3 amide bonds. The molecule has 44 heavy (non-hydrogen) atoms. The Hall–Kier alpha value is -3.59. The number of nitrogens with zero attached hydrogens (tertiary/aromatic N) is 1. The van der Waals surface area contributed by atoms with Crippen LogP contribution in [0.1, 0.15) is 77.6 Å². The van der Waals surface area contributed by atoms with Gasteiger partial charge in [0.15, 0.2) is 0 Å². The van der Waals surface area contributed by atoms with E-state index in [0.717, 1.165) is 11.1 Å². The smallest absolute Gasteiger partial charge is 0.408 e. The number of amides is 3. The first-order valence-electron chi connectivity index (χ1n) is 15.1. The van der Waals surface area contributed by atoms with Crippen molar-refractivity contribution in [3.63, 3.8) is 0 Å². The third-order valence-electron chi connectivity index (χ3n) is 7.41. The van der Waals surface area contributed by atoms with Crippen molar-refractivity contribution in [2.45, 2.75) is 97.5 Å². The Morgan fingerprint density at radius 3 is 2.00 bits per heavy atom. The predicted molar refractivity (Wildman–Crippen MR) is 170 cm³/mol. The van der Waals surface area contributed by atoms with Crippen LogP contribution in [0, 0.1) is 11.8 Å². The molecule has 0 spiro atoms. The van der Waals surface area contributed by atoms with Gasteiger partial charge in [-0.25, -0.2) is 9.59 Å². The molecule has 240 valence electrons. The Morgan fingerprint density at radius 1 is 0.932 bits per heavy atom. The number of esters is 1. The van der Waals surface area contributed by atoms with E-state index in [9.17, 15) is 14.4 Å². The lowest BCUT2D eigenvalue weighted by Crippen LogP contribution is -2.60. The molecular formula is C34H46ClN3O6. The van der Waals surface area contributed by atoms with Gasteiger partial charge < -0.3 is 25.0 Å². The molecule has 0 bridgehead atoms. The van der Waals surface area contributed by atoms with Gasteiger partial charge in [0.05, 0.1) is 7.11 Å². The van der Waals surface area contributed by atoms with E-state index in [1.54, 1.807) is 45.0 Å². The number of benzene rings is 2. The minimum absolute atomic E-state index is 0.0533. The summed E-state index contributed by atoms with van der Waals surface area (Å²) in [6.45, 7) is 12.7. The molecule has 3 rings (SSSR count). The van der Waals surface area contributed by atoms with Gasteiger partial charge >= 0.3 is 12.1 Å². The molecule has 2 N–H and O–H groups in total. The van der Waals surface area contributed by atoms with Gasteiger partial charge in [-0.05, 0) is 82.9 Å². The van der Waals surface area contributed by atoms with Gasteiger partial charge in [-0.2, -0.15) is 0 Å². The molecule has 0 fully saturated rings. The molecule has 0 aromatic heterocycles.